The number of hydrogen-bond donors (Lipinski definition) is 3. The van der Waals surface area contributed by atoms with Gasteiger partial charge in [0, 0.05) is 31.0 Å². The van der Waals surface area contributed by atoms with E-state index in [1.54, 1.807) is 30.5 Å². The van der Waals surface area contributed by atoms with Gasteiger partial charge in [-0.15, -0.1) is 0 Å². The maximum atomic E-state index is 11.6. The summed E-state index contributed by atoms with van der Waals surface area (Å²) in [6.45, 7) is 0.804. The maximum absolute atomic E-state index is 11.6. The Morgan fingerprint density at radius 3 is 2.60 bits per heavy atom. The fourth-order valence-corrected chi connectivity index (χ4v) is 2.52. The number of hydrogen-bond acceptors (Lipinski definition) is 4. The molecule has 1 aromatic heterocycles. The smallest absolute Gasteiger partial charge is 0.240 e. The molecule has 2 rings (SSSR count). The summed E-state index contributed by atoms with van der Waals surface area (Å²) in [5, 5.41) is 3.25. The third kappa shape index (κ3) is 3.82. The molecule has 0 spiro atoms. The zero-order valence-electron chi connectivity index (χ0n) is 11.3. The van der Waals surface area contributed by atoms with Crippen molar-refractivity contribution < 1.29 is 8.42 Å². The van der Waals surface area contributed by atoms with Crippen LogP contribution in [0.4, 0.5) is 5.69 Å². The fraction of sp³-hybridized carbons (Fsp3) is 0.308. The van der Waals surface area contributed by atoms with Crippen LogP contribution in [-0.4, -0.2) is 32.0 Å². The van der Waals surface area contributed by atoms with Crippen molar-refractivity contribution in [3.63, 3.8) is 0 Å². The largest absolute Gasteiger partial charge is 0.385 e. The second-order valence-electron chi connectivity index (χ2n) is 4.30. The van der Waals surface area contributed by atoms with Gasteiger partial charge in [-0.25, -0.2) is 18.1 Å². The number of aromatic nitrogens is 2. The molecule has 0 saturated heterocycles. The summed E-state index contributed by atoms with van der Waals surface area (Å²) in [4.78, 5) is 7.47. The Hall–Kier alpha value is -1.86. The number of nitrogens with one attached hydrogen (secondary N) is 3. The first-order valence-electron chi connectivity index (χ1n) is 6.37. The van der Waals surface area contributed by atoms with E-state index in [-0.39, 0.29) is 4.90 Å². The molecule has 0 unspecified atom stereocenters. The summed E-state index contributed by atoms with van der Waals surface area (Å²) in [6, 6.07) is 6.69. The van der Waals surface area contributed by atoms with Gasteiger partial charge in [0.15, 0.2) is 0 Å². The number of sulfonamides is 1. The van der Waals surface area contributed by atoms with E-state index in [0.717, 1.165) is 30.9 Å². The lowest BCUT2D eigenvalue weighted by molar-refractivity contribution is 0.588. The molecule has 3 N–H and O–H groups in total. The highest BCUT2D eigenvalue weighted by Gasteiger charge is 2.09. The number of aryl methyl sites for hydroxylation is 1. The van der Waals surface area contributed by atoms with Gasteiger partial charge < -0.3 is 10.3 Å². The Balaban J connectivity index is 1.82. The Morgan fingerprint density at radius 1 is 1.25 bits per heavy atom. The van der Waals surface area contributed by atoms with Crippen molar-refractivity contribution >= 4 is 15.7 Å². The summed E-state index contributed by atoms with van der Waals surface area (Å²) < 4.78 is 25.4. The van der Waals surface area contributed by atoms with Crippen molar-refractivity contribution in [3.05, 3.63) is 42.5 Å². The summed E-state index contributed by atoms with van der Waals surface area (Å²) in [5.41, 5.74) is 0.902. The third-order valence-corrected chi connectivity index (χ3v) is 4.34. The van der Waals surface area contributed by atoms with Gasteiger partial charge in [0.25, 0.3) is 0 Å². The lowest BCUT2D eigenvalue weighted by Crippen LogP contribution is -2.18. The molecule has 20 heavy (non-hydrogen) atoms. The Bertz CT molecular complexity index is 621. The molecule has 0 aliphatic carbocycles. The fourth-order valence-electron chi connectivity index (χ4n) is 1.79. The summed E-state index contributed by atoms with van der Waals surface area (Å²) >= 11 is 0. The molecular formula is C13H18N4O2S. The normalized spacial score (nSPS) is 11.4. The summed E-state index contributed by atoms with van der Waals surface area (Å²) in [5.74, 6) is 0.974. The highest BCUT2D eigenvalue weighted by Crippen LogP contribution is 2.13. The number of rotatable bonds is 7. The van der Waals surface area contributed by atoms with Gasteiger partial charge in [-0.2, -0.15) is 0 Å². The monoisotopic (exact) mass is 294 g/mol. The molecule has 1 aromatic carbocycles. The molecule has 0 amide bonds. The van der Waals surface area contributed by atoms with Gasteiger partial charge in [0.05, 0.1) is 4.90 Å². The van der Waals surface area contributed by atoms with Crippen LogP contribution in [0, 0.1) is 0 Å². The molecule has 0 aliphatic heterocycles. The SMILES string of the molecule is CNS(=O)(=O)c1ccc(NCCCc2ncc[nH]2)cc1. The second-order valence-corrected chi connectivity index (χ2v) is 6.18. The average Bonchev–Trinajstić information content (AvgIpc) is 2.97. The van der Waals surface area contributed by atoms with Crippen molar-refractivity contribution in [2.24, 2.45) is 0 Å². The first-order chi connectivity index (χ1) is 9.62. The van der Waals surface area contributed by atoms with Crippen LogP contribution >= 0.6 is 0 Å². The highest BCUT2D eigenvalue weighted by atomic mass is 32.2. The van der Waals surface area contributed by atoms with Gasteiger partial charge in [-0.3, -0.25) is 0 Å². The Labute approximate surface area is 118 Å². The van der Waals surface area contributed by atoms with Crippen molar-refractivity contribution in [1.29, 1.82) is 0 Å². The first-order valence-corrected chi connectivity index (χ1v) is 7.86. The lowest BCUT2D eigenvalue weighted by atomic mass is 10.2. The van der Waals surface area contributed by atoms with E-state index in [4.69, 9.17) is 0 Å². The summed E-state index contributed by atoms with van der Waals surface area (Å²) in [7, 11) is -1.96. The first kappa shape index (κ1) is 14.5. The van der Waals surface area contributed by atoms with E-state index in [0.29, 0.717) is 0 Å². The molecule has 0 aliphatic rings. The van der Waals surface area contributed by atoms with Crippen LogP contribution < -0.4 is 10.0 Å². The van der Waals surface area contributed by atoms with Crippen LogP contribution in [0.25, 0.3) is 0 Å². The third-order valence-electron chi connectivity index (χ3n) is 2.91. The number of benzene rings is 1. The van der Waals surface area contributed by atoms with E-state index in [9.17, 15) is 8.42 Å². The van der Waals surface area contributed by atoms with Gasteiger partial charge in [0.1, 0.15) is 5.82 Å². The second kappa shape index (κ2) is 6.53. The van der Waals surface area contributed by atoms with Gasteiger partial charge in [-0.1, -0.05) is 0 Å². The molecule has 2 aromatic rings. The van der Waals surface area contributed by atoms with Gasteiger partial charge >= 0.3 is 0 Å². The zero-order valence-corrected chi connectivity index (χ0v) is 12.1. The van der Waals surface area contributed by atoms with Crippen molar-refractivity contribution in [1.82, 2.24) is 14.7 Å². The molecule has 0 bridgehead atoms. The van der Waals surface area contributed by atoms with Crippen LogP contribution in [0.3, 0.4) is 0 Å². The van der Waals surface area contributed by atoms with Crippen molar-refractivity contribution in [2.45, 2.75) is 17.7 Å². The van der Waals surface area contributed by atoms with Crippen LogP contribution in [-0.2, 0) is 16.4 Å². The van der Waals surface area contributed by atoms with Gasteiger partial charge in [-0.05, 0) is 37.7 Å². The van der Waals surface area contributed by atoms with E-state index >= 15 is 0 Å². The highest BCUT2D eigenvalue weighted by molar-refractivity contribution is 7.89. The van der Waals surface area contributed by atoms with Crippen molar-refractivity contribution in [2.75, 3.05) is 18.9 Å². The minimum atomic E-state index is -3.36. The van der Waals surface area contributed by atoms with E-state index in [1.807, 2.05) is 6.20 Å². The number of H-pyrrole nitrogens is 1. The number of nitrogens with zero attached hydrogens (tertiary/aromatic N) is 1. The lowest BCUT2D eigenvalue weighted by Gasteiger charge is -2.07. The standard InChI is InChI=1S/C13H18N4O2S/c1-14-20(18,19)12-6-4-11(5-7-12)15-8-2-3-13-16-9-10-17-13/h4-7,9-10,14-15H,2-3,8H2,1H3,(H,16,17). The molecule has 7 heteroatoms. The van der Waals surface area contributed by atoms with E-state index in [1.165, 1.54) is 7.05 Å². The van der Waals surface area contributed by atoms with E-state index in [2.05, 4.69) is 20.0 Å². The van der Waals surface area contributed by atoms with Crippen LogP contribution in [0.1, 0.15) is 12.2 Å². The number of imidazole rings is 1. The molecule has 6 nitrogen and oxygen atoms in total. The molecule has 0 atom stereocenters. The Kier molecular flexibility index (Phi) is 4.75. The van der Waals surface area contributed by atoms with Crippen molar-refractivity contribution in [3.8, 4) is 0 Å². The zero-order chi connectivity index (χ0) is 14.4. The number of aromatic amines is 1. The predicted octanol–water partition coefficient (Wildman–Crippen LogP) is 1.36. The van der Waals surface area contributed by atoms with Crippen LogP contribution in [0.15, 0.2) is 41.6 Å². The molecule has 0 radical (unpaired) electrons. The predicted molar refractivity (Wildman–Crippen MR) is 78.1 cm³/mol. The topological polar surface area (TPSA) is 86.9 Å². The molecule has 108 valence electrons. The minimum absolute atomic E-state index is 0.265. The van der Waals surface area contributed by atoms with E-state index < -0.39 is 10.0 Å². The quantitative estimate of drug-likeness (QED) is 0.673. The number of anilines is 1. The summed E-state index contributed by atoms with van der Waals surface area (Å²) in [6.07, 6.45) is 5.38. The average molecular weight is 294 g/mol. The van der Waals surface area contributed by atoms with Crippen LogP contribution in [0.5, 0.6) is 0 Å². The van der Waals surface area contributed by atoms with Crippen LogP contribution in [0.2, 0.25) is 0 Å². The molecular weight excluding hydrogens is 276 g/mol. The molecule has 0 fully saturated rings. The molecule has 1 heterocycles. The minimum Gasteiger partial charge on any atom is -0.385 e. The molecule has 0 saturated carbocycles. The maximum Gasteiger partial charge on any atom is 0.240 e. The Morgan fingerprint density at radius 2 is 2.00 bits per heavy atom. The van der Waals surface area contributed by atoms with Gasteiger partial charge in [0.2, 0.25) is 10.0 Å².